The fourth-order valence-electron chi connectivity index (χ4n) is 2.19. The first-order valence-electron chi connectivity index (χ1n) is 7.83. The zero-order chi connectivity index (χ0) is 15.6. The predicted molar refractivity (Wildman–Crippen MR) is 87.8 cm³/mol. The number of sulfonamides is 1. The van der Waals surface area contributed by atoms with Crippen molar-refractivity contribution in [3.8, 4) is 0 Å². The average Bonchev–Trinajstić information content (AvgIpc) is 2.47. The molecule has 1 aromatic carbocycles. The molecule has 21 heavy (non-hydrogen) atoms. The summed E-state index contributed by atoms with van der Waals surface area (Å²) in [6, 6.07) is 7.01. The van der Waals surface area contributed by atoms with E-state index in [1.165, 1.54) is 25.7 Å². The van der Waals surface area contributed by atoms with Crippen LogP contribution in [0.2, 0.25) is 0 Å². The average molecular weight is 312 g/mol. The van der Waals surface area contributed by atoms with Gasteiger partial charge in [0.25, 0.3) is 0 Å². The summed E-state index contributed by atoms with van der Waals surface area (Å²) in [6.45, 7) is 3.45. The van der Waals surface area contributed by atoms with Crippen molar-refractivity contribution in [1.82, 2.24) is 10.0 Å². The number of hydrogen-bond donors (Lipinski definition) is 2. The quantitative estimate of drug-likeness (QED) is 0.617. The van der Waals surface area contributed by atoms with Gasteiger partial charge in [-0.15, -0.1) is 0 Å². The Labute approximate surface area is 129 Å². The molecule has 5 heteroatoms. The Morgan fingerprint density at radius 3 is 2.19 bits per heavy atom. The zero-order valence-corrected chi connectivity index (χ0v) is 14.0. The molecule has 0 saturated heterocycles. The molecule has 0 saturated carbocycles. The lowest BCUT2D eigenvalue weighted by atomic mass is 10.1. The molecule has 0 spiro atoms. The lowest BCUT2D eigenvalue weighted by Crippen LogP contribution is -2.24. The first kappa shape index (κ1) is 18.1. The predicted octanol–water partition coefficient (Wildman–Crippen LogP) is 3.04. The number of benzene rings is 1. The summed E-state index contributed by atoms with van der Waals surface area (Å²) < 4.78 is 26.9. The number of nitrogens with one attached hydrogen (secondary N) is 2. The molecule has 0 bridgehead atoms. The molecule has 0 unspecified atom stereocenters. The molecule has 0 radical (unpaired) electrons. The van der Waals surface area contributed by atoms with E-state index in [9.17, 15) is 8.42 Å². The van der Waals surface area contributed by atoms with Crippen LogP contribution >= 0.6 is 0 Å². The molecule has 4 nitrogen and oxygen atoms in total. The topological polar surface area (TPSA) is 58.2 Å². The van der Waals surface area contributed by atoms with Gasteiger partial charge in [0.2, 0.25) is 10.0 Å². The highest BCUT2D eigenvalue weighted by molar-refractivity contribution is 7.89. The molecule has 120 valence electrons. The van der Waals surface area contributed by atoms with E-state index in [0.29, 0.717) is 11.4 Å². The summed E-state index contributed by atoms with van der Waals surface area (Å²) in [7, 11) is -1.49. The third kappa shape index (κ3) is 7.07. The van der Waals surface area contributed by atoms with Crippen molar-refractivity contribution in [3.05, 3.63) is 29.8 Å². The summed E-state index contributed by atoms with van der Waals surface area (Å²) in [5.41, 5.74) is 1.08. The minimum absolute atomic E-state index is 0.341. The molecule has 0 aliphatic rings. The van der Waals surface area contributed by atoms with E-state index in [4.69, 9.17) is 0 Å². The lowest BCUT2D eigenvalue weighted by molar-refractivity contribution is 0.567. The van der Waals surface area contributed by atoms with Gasteiger partial charge in [-0.25, -0.2) is 13.1 Å². The minimum Gasteiger partial charge on any atom is -0.316 e. The summed E-state index contributed by atoms with van der Waals surface area (Å²) in [4.78, 5) is 0.341. The van der Waals surface area contributed by atoms with Crippen molar-refractivity contribution in [1.29, 1.82) is 0 Å². The molecule has 0 aliphatic carbocycles. The van der Waals surface area contributed by atoms with Gasteiger partial charge in [0.05, 0.1) is 4.90 Å². The van der Waals surface area contributed by atoms with Crippen LogP contribution in [0.4, 0.5) is 0 Å². The van der Waals surface area contributed by atoms with Crippen molar-refractivity contribution < 1.29 is 8.42 Å². The number of rotatable bonds is 11. The third-order valence-electron chi connectivity index (χ3n) is 3.44. The van der Waals surface area contributed by atoms with E-state index >= 15 is 0 Å². The normalized spacial score (nSPS) is 11.7. The molecule has 0 atom stereocenters. The zero-order valence-electron chi connectivity index (χ0n) is 13.2. The summed E-state index contributed by atoms with van der Waals surface area (Å²) >= 11 is 0. The van der Waals surface area contributed by atoms with Gasteiger partial charge >= 0.3 is 0 Å². The van der Waals surface area contributed by atoms with Crippen LogP contribution in [0.3, 0.4) is 0 Å². The van der Waals surface area contributed by atoms with Crippen molar-refractivity contribution in [2.24, 2.45) is 0 Å². The Morgan fingerprint density at radius 2 is 1.57 bits per heavy atom. The maximum Gasteiger partial charge on any atom is 0.240 e. The van der Waals surface area contributed by atoms with Crippen molar-refractivity contribution >= 4 is 10.0 Å². The number of hydrogen-bond acceptors (Lipinski definition) is 3. The van der Waals surface area contributed by atoms with Gasteiger partial charge in [-0.1, -0.05) is 51.2 Å². The molecule has 0 heterocycles. The smallest absolute Gasteiger partial charge is 0.240 e. The maximum atomic E-state index is 12.1. The van der Waals surface area contributed by atoms with Gasteiger partial charge < -0.3 is 5.32 Å². The van der Waals surface area contributed by atoms with E-state index in [1.807, 2.05) is 19.2 Å². The van der Waals surface area contributed by atoms with E-state index in [1.54, 1.807) is 12.1 Å². The van der Waals surface area contributed by atoms with Crippen LogP contribution in [0.25, 0.3) is 0 Å². The molecule has 1 rings (SSSR count). The molecule has 0 fully saturated rings. The summed E-state index contributed by atoms with van der Waals surface area (Å²) in [5, 5.41) is 3.04. The van der Waals surface area contributed by atoms with Crippen LogP contribution in [0.1, 0.15) is 51.0 Å². The van der Waals surface area contributed by atoms with E-state index in [-0.39, 0.29) is 0 Å². The lowest BCUT2D eigenvalue weighted by Gasteiger charge is -2.08. The Morgan fingerprint density at radius 1 is 0.952 bits per heavy atom. The molecule has 0 aliphatic heterocycles. The van der Waals surface area contributed by atoms with Gasteiger partial charge in [-0.05, 0) is 31.2 Å². The Hall–Kier alpha value is -0.910. The fourth-order valence-corrected chi connectivity index (χ4v) is 3.26. The molecule has 0 aromatic heterocycles. The van der Waals surface area contributed by atoms with E-state index < -0.39 is 10.0 Å². The van der Waals surface area contributed by atoms with Crippen molar-refractivity contribution in [3.63, 3.8) is 0 Å². The van der Waals surface area contributed by atoms with Crippen LogP contribution in [0.15, 0.2) is 29.2 Å². The second-order valence-electron chi connectivity index (χ2n) is 5.34. The summed E-state index contributed by atoms with van der Waals surface area (Å²) in [5.74, 6) is 0. The van der Waals surface area contributed by atoms with E-state index in [2.05, 4.69) is 17.0 Å². The molecular formula is C16H28N2O2S. The highest BCUT2D eigenvalue weighted by atomic mass is 32.2. The van der Waals surface area contributed by atoms with E-state index in [0.717, 1.165) is 24.9 Å². The Kier molecular flexibility index (Phi) is 8.57. The second kappa shape index (κ2) is 9.92. The van der Waals surface area contributed by atoms with Crippen LogP contribution in [-0.4, -0.2) is 22.0 Å². The molecule has 1 aromatic rings. The SMILES string of the molecule is CCCCCCCCNS(=O)(=O)c1ccc(CNC)cc1. The molecule has 2 N–H and O–H groups in total. The number of unbranched alkanes of at least 4 members (excludes halogenated alkanes) is 5. The molecule has 0 amide bonds. The van der Waals surface area contributed by atoms with Crippen LogP contribution < -0.4 is 10.0 Å². The van der Waals surface area contributed by atoms with Crippen LogP contribution in [-0.2, 0) is 16.6 Å². The molecular weight excluding hydrogens is 284 g/mol. The van der Waals surface area contributed by atoms with Gasteiger partial charge in [-0.3, -0.25) is 0 Å². The van der Waals surface area contributed by atoms with Gasteiger partial charge in [0.15, 0.2) is 0 Å². The first-order chi connectivity index (χ1) is 10.1. The minimum atomic E-state index is -3.36. The fraction of sp³-hybridized carbons (Fsp3) is 0.625. The van der Waals surface area contributed by atoms with Gasteiger partial charge in [-0.2, -0.15) is 0 Å². The second-order valence-corrected chi connectivity index (χ2v) is 7.11. The third-order valence-corrected chi connectivity index (χ3v) is 4.91. The standard InChI is InChI=1S/C16H28N2O2S/c1-3-4-5-6-7-8-13-18-21(19,20)16-11-9-15(10-12-16)14-17-2/h9-12,17-18H,3-8,13-14H2,1-2H3. The Bertz CT molecular complexity index is 484. The highest BCUT2D eigenvalue weighted by Gasteiger charge is 2.12. The monoisotopic (exact) mass is 312 g/mol. The first-order valence-corrected chi connectivity index (χ1v) is 9.31. The van der Waals surface area contributed by atoms with Crippen LogP contribution in [0.5, 0.6) is 0 Å². The van der Waals surface area contributed by atoms with Crippen LogP contribution in [0, 0.1) is 0 Å². The largest absolute Gasteiger partial charge is 0.316 e. The van der Waals surface area contributed by atoms with Gasteiger partial charge in [0.1, 0.15) is 0 Å². The van der Waals surface area contributed by atoms with Crippen molar-refractivity contribution in [2.45, 2.75) is 56.9 Å². The maximum absolute atomic E-state index is 12.1. The Balaban J connectivity index is 2.35. The highest BCUT2D eigenvalue weighted by Crippen LogP contribution is 2.11. The van der Waals surface area contributed by atoms with Gasteiger partial charge in [0, 0.05) is 13.1 Å². The van der Waals surface area contributed by atoms with Crippen molar-refractivity contribution in [2.75, 3.05) is 13.6 Å². The summed E-state index contributed by atoms with van der Waals surface area (Å²) in [6.07, 6.45) is 6.93.